The Hall–Kier alpha value is -1.71. The van der Waals surface area contributed by atoms with E-state index < -0.39 is 0 Å². The zero-order valence-electron chi connectivity index (χ0n) is 12.8. The zero-order chi connectivity index (χ0) is 14.7. The third-order valence-corrected chi connectivity index (χ3v) is 4.01. The molecule has 110 valence electrons. The Labute approximate surface area is 121 Å². The maximum absolute atomic E-state index is 11.8. The van der Waals surface area contributed by atoms with Crippen LogP contribution in [0.2, 0.25) is 0 Å². The normalized spacial score (nSPS) is 22.8. The molecule has 1 saturated heterocycles. The molecule has 1 fully saturated rings. The number of benzene rings is 1. The molecule has 0 saturated carbocycles. The van der Waals surface area contributed by atoms with E-state index in [1.54, 1.807) is 0 Å². The quantitative estimate of drug-likeness (QED) is 0.832. The van der Waals surface area contributed by atoms with Gasteiger partial charge in [0.2, 0.25) is 0 Å². The van der Waals surface area contributed by atoms with Crippen LogP contribution in [0.5, 0.6) is 0 Å². The number of hydrogen-bond donors (Lipinski definition) is 0. The highest BCUT2D eigenvalue weighted by Gasteiger charge is 2.33. The van der Waals surface area contributed by atoms with Crippen molar-refractivity contribution >= 4 is 11.8 Å². The summed E-state index contributed by atoms with van der Waals surface area (Å²) in [4.78, 5) is 16.0. The van der Waals surface area contributed by atoms with Crippen molar-refractivity contribution in [3.63, 3.8) is 0 Å². The largest absolute Gasteiger partial charge is 0.453 e. The lowest BCUT2D eigenvalue weighted by atomic mass is 10.1. The van der Waals surface area contributed by atoms with Crippen molar-refractivity contribution in [3.05, 3.63) is 29.8 Å². The van der Waals surface area contributed by atoms with E-state index in [-0.39, 0.29) is 18.2 Å². The van der Waals surface area contributed by atoms with Crippen LogP contribution >= 0.6 is 0 Å². The predicted molar refractivity (Wildman–Crippen MR) is 81.2 cm³/mol. The molecule has 0 N–H and O–H groups in total. The maximum Gasteiger partial charge on any atom is 0.410 e. The molecule has 0 radical (unpaired) electrons. The molecule has 1 aromatic rings. The second-order valence-electron chi connectivity index (χ2n) is 5.50. The molecule has 1 amide bonds. The minimum Gasteiger partial charge on any atom is -0.453 e. The molecule has 0 aromatic heterocycles. The highest BCUT2D eigenvalue weighted by molar-refractivity contribution is 5.69. The van der Waals surface area contributed by atoms with Gasteiger partial charge < -0.3 is 9.64 Å². The Morgan fingerprint density at radius 1 is 1.20 bits per heavy atom. The number of nitrogens with zero attached hydrogens (tertiary/aromatic N) is 2. The number of rotatable bonds is 2. The number of piperazine rings is 1. The smallest absolute Gasteiger partial charge is 0.410 e. The lowest BCUT2D eigenvalue weighted by Gasteiger charge is -2.44. The molecule has 1 aromatic carbocycles. The molecular weight excluding hydrogens is 252 g/mol. The van der Waals surface area contributed by atoms with Gasteiger partial charge in [0, 0.05) is 18.8 Å². The van der Waals surface area contributed by atoms with Crippen LogP contribution in [0.25, 0.3) is 0 Å². The predicted octanol–water partition coefficient (Wildman–Crippen LogP) is 2.91. The van der Waals surface area contributed by atoms with E-state index in [1.165, 1.54) is 18.4 Å². The first-order chi connectivity index (χ1) is 9.56. The summed E-state index contributed by atoms with van der Waals surface area (Å²) in [5.74, 6) is 0. The summed E-state index contributed by atoms with van der Waals surface area (Å²) < 4.78 is 4.87. The SMILES string of the molecule is CCc1ccc(N2CC(C)N(C(=O)OC)C(C)C2)cc1. The third kappa shape index (κ3) is 2.89. The number of amides is 1. The number of ether oxygens (including phenoxy) is 1. The van der Waals surface area contributed by atoms with Crippen LogP contribution in [0.3, 0.4) is 0 Å². The van der Waals surface area contributed by atoms with Crippen LogP contribution in [-0.2, 0) is 11.2 Å². The van der Waals surface area contributed by atoms with Crippen LogP contribution in [0.1, 0.15) is 26.3 Å². The number of aryl methyl sites for hydroxylation is 1. The molecule has 0 aliphatic carbocycles. The van der Waals surface area contributed by atoms with Crippen LogP contribution in [-0.4, -0.2) is 43.3 Å². The summed E-state index contributed by atoms with van der Waals surface area (Å²) in [6.45, 7) is 7.98. The number of hydrogen-bond acceptors (Lipinski definition) is 3. The monoisotopic (exact) mass is 276 g/mol. The lowest BCUT2D eigenvalue weighted by Crippen LogP contribution is -2.58. The highest BCUT2D eigenvalue weighted by Crippen LogP contribution is 2.23. The van der Waals surface area contributed by atoms with Crippen molar-refractivity contribution < 1.29 is 9.53 Å². The topological polar surface area (TPSA) is 32.8 Å². The van der Waals surface area contributed by atoms with Crippen molar-refractivity contribution in [3.8, 4) is 0 Å². The Morgan fingerprint density at radius 2 is 1.75 bits per heavy atom. The molecule has 0 spiro atoms. The summed E-state index contributed by atoms with van der Waals surface area (Å²) in [5.41, 5.74) is 2.58. The Morgan fingerprint density at radius 3 is 2.20 bits per heavy atom. The Kier molecular flexibility index (Phi) is 4.53. The summed E-state index contributed by atoms with van der Waals surface area (Å²) >= 11 is 0. The van der Waals surface area contributed by atoms with Crippen LogP contribution in [0.15, 0.2) is 24.3 Å². The van der Waals surface area contributed by atoms with Gasteiger partial charge in [-0.1, -0.05) is 19.1 Å². The van der Waals surface area contributed by atoms with Gasteiger partial charge in [-0.3, -0.25) is 4.90 Å². The average Bonchev–Trinajstić information content (AvgIpc) is 2.46. The summed E-state index contributed by atoms with van der Waals surface area (Å²) in [6, 6.07) is 9.00. The first-order valence-electron chi connectivity index (χ1n) is 7.27. The first-order valence-corrected chi connectivity index (χ1v) is 7.27. The Bertz CT molecular complexity index is 446. The fourth-order valence-corrected chi connectivity index (χ4v) is 2.94. The van der Waals surface area contributed by atoms with E-state index in [1.807, 2.05) is 4.90 Å². The van der Waals surface area contributed by atoms with E-state index >= 15 is 0 Å². The van der Waals surface area contributed by atoms with Gasteiger partial charge in [-0.15, -0.1) is 0 Å². The van der Waals surface area contributed by atoms with E-state index in [9.17, 15) is 4.79 Å². The molecule has 2 unspecified atom stereocenters. The molecule has 4 heteroatoms. The van der Waals surface area contributed by atoms with Crippen molar-refractivity contribution in [1.29, 1.82) is 0 Å². The van der Waals surface area contributed by atoms with Gasteiger partial charge in [0.1, 0.15) is 0 Å². The van der Waals surface area contributed by atoms with Crippen LogP contribution in [0, 0.1) is 0 Å². The van der Waals surface area contributed by atoms with Gasteiger partial charge in [-0.2, -0.15) is 0 Å². The van der Waals surface area contributed by atoms with Gasteiger partial charge in [0.15, 0.2) is 0 Å². The van der Waals surface area contributed by atoms with Gasteiger partial charge in [-0.05, 0) is 38.0 Å². The van der Waals surface area contributed by atoms with E-state index in [4.69, 9.17) is 4.74 Å². The zero-order valence-corrected chi connectivity index (χ0v) is 12.8. The minimum atomic E-state index is -0.231. The number of methoxy groups -OCH3 is 1. The minimum absolute atomic E-state index is 0.150. The van der Waals surface area contributed by atoms with E-state index in [0.717, 1.165) is 19.5 Å². The van der Waals surface area contributed by atoms with E-state index in [2.05, 4.69) is 49.9 Å². The molecule has 1 aliphatic rings. The first kappa shape index (κ1) is 14.7. The average molecular weight is 276 g/mol. The van der Waals surface area contributed by atoms with Gasteiger partial charge in [0.25, 0.3) is 0 Å². The molecule has 2 rings (SSSR count). The highest BCUT2D eigenvalue weighted by atomic mass is 16.5. The molecule has 4 nitrogen and oxygen atoms in total. The molecule has 20 heavy (non-hydrogen) atoms. The van der Waals surface area contributed by atoms with Crippen molar-refractivity contribution in [2.75, 3.05) is 25.1 Å². The van der Waals surface area contributed by atoms with Gasteiger partial charge in [0.05, 0.1) is 19.2 Å². The molecular formula is C16H24N2O2. The number of carbonyl (C=O) groups is 1. The van der Waals surface area contributed by atoms with Crippen molar-refractivity contribution in [2.45, 2.75) is 39.3 Å². The molecule has 1 heterocycles. The Balaban J connectivity index is 2.11. The summed E-state index contributed by atoms with van der Waals surface area (Å²) in [5, 5.41) is 0. The van der Waals surface area contributed by atoms with Gasteiger partial charge in [-0.25, -0.2) is 4.79 Å². The van der Waals surface area contributed by atoms with Crippen LogP contribution in [0.4, 0.5) is 10.5 Å². The van der Waals surface area contributed by atoms with Gasteiger partial charge >= 0.3 is 6.09 Å². The molecule has 2 atom stereocenters. The van der Waals surface area contributed by atoms with Crippen molar-refractivity contribution in [2.24, 2.45) is 0 Å². The van der Waals surface area contributed by atoms with Crippen LogP contribution < -0.4 is 4.90 Å². The summed E-state index contributed by atoms with van der Waals surface area (Å²) in [7, 11) is 1.44. The molecule has 1 aliphatic heterocycles. The second-order valence-corrected chi connectivity index (χ2v) is 5.50. The fourth-order valence-electron chi connectivity index (χ4n) is 2.94. The second kappa shape index (κ2) is 6.16. The number of carbonyl (C=O) groups excluding carboxylic acids is 1. The third-order valence-electron chi connectivity index (χ3n) is 4.01. The number of anilines is 1. The summed E-state index contributed by atoms with van der Waals surface area (Å²) in [6.07, 6.45) is 0.828. The maximum atomic E-state index is 11.8. The molecule has 0 bridgehead atoms. The van der Waals surface area contributed by atoms with Crippen molar-refractivity contribution in [1.82, 2.24) is 4.90 Å². The lowest BCUT2D eigenvalue weighted by molar-refractivity contribution is 0.0820. The fraction of sp³-hybridized carbons (Fsp3) is 0.562. The van der Waals surface area contributed by atoms with E-state index in [0.29, 0.717) is 0 Å². The standard InChI is InChI=1S/C16H24N2O2/c1-5-14-6-8-15(9-7-14)17-10-12(2)18(13(3)11-17)16(19)20-4/h6-9,12-13H,5,10-11H2,1-4H3.